The van der Waals surface area contributed by atoms with Gasteiger partial charge in [-0.1, -0.05) is 52.8 Å². The molecule has 0 spiro atoms. The molecule has 6 rings (SSSR count). The number of rotatable bonds is 14. The highest BCUT2D eigenvalue weighted by Crippen LogP contribution is 2.60. The van der Waals surface area contributed by atoms with Crippen LogP contribution in [0, 0.1) is 28.6 Å². The molecular formula is C38H56N6O4Si2. The maximum Gasteiger partial charge on any atom is 0.253 e. The Bertz CT molecular complexity index is 1810. The van der Waals surface area contributed by atoms with Gasteiger partial charge in [-0.15, -0.1) is 0 Å². The lowest BCUT2D eigenvalue weighted by molar-refractivity contribution is -0.115. The predicted octanol–water partition coefficient (Wildman–Crippen LogP) is 7.47. The van der Waals surface area contributed by atoms with Gasteiger partial charge in [0.2, 0.25) is 0 Å². The average Bonchev–Trinajstić information content (AvgIpc) is 3.43. The van der Waals surface area contributed by atoms with Crippen molar-refractivity contribution in [1.29, 1.82) is 5.26 Å². The highest BCUT2D eigenvalue weighted by Gasteiger charge is 2.54. The number of imidazole rings is 1. The van der Waals surface area contributed by atoms with E-state index >= 15 is 0 Å². The van der Waals surface area contributed by atoms with Crippen LogP contribution in [0.25, 0.3) is 22.6 Å². The average molecular weight is 717 g/mol. The van der Waals surface area contributed by atoms with Gasteiger partial charge in [0.15, 0.2) is 5.82 Å². The maximum absolute atomic E-state index is 13.7. The quantitative estimate of drug-likeness (QED) is 0.0968. The number of likely N-dealkylation sites (N-methyl/N-ethyl adjacent to an activating group) is 1. The molecule has 3 heterocycles. The third-order valence-electron chi connectivity index (χ3n) is 11.0. The summed E-state index contributed by atoms with van der Waals surface area (Å²) in [5, 5.41) is 15.6. The summed E-state index contributed by atoms with van der Waals surface area (Å²) in [7, 11) is -0.791. The van der Waals surface area contributed by atoms with Crippen LogP contribution in [0.2, 0.25) is 51.4 Å². The van der Waals surface area contributed by atoms with Crippen LogP contribution in [-0.2, 0) is 45.3 Å². The van der Waals surface area contributed by atoms with Gasteiger partial charge in [-0.25, -0.2) is 9.67 Å². The molecule has 1 aromatic carbocycles. The van der Waals surface area contributed by atoms with Crippen molar-refractivity contribution in [3.63, 3.8) is 0 Å². The third-order valence-corrected chi connectivity index (χ3v) is 14.4. The van der Waals surface area contributed by atoms with Gasteiger partial charge in [-0.3, -0.25) is 9.36 Å². The molecule has 2 aliphatic carbocycles. The van der Waals surface area contributed by atoms with Crippen LogP contribution in [0.15, 0.2) is 24.3 Å². The fourth-order valence-electron chi connectivity index (χ4n) is 7.32. The van der Waals surface area contributed by atoms with Crippen LogP contribution < -0.4 is 4.90 Å². The fraction of sp³-hybridized carbons (Fsp3) is 0.632. The van der Waals surface area contributed by atoms with Gasteiger partial charge in [0.1, 0.15) is 30.7 Å². The Morgan fingerprint density at radius 3 is 2.40 bits per heavy atom. The van der Waals surface area contributed by atoms with E-state index in [1.807, 2.05) is 6.07 Å². The summed E-state index contributed by atoms with van der Waals surface area (Å²) in [6.45, 7) is 24.0. The number of benzene rings is 1. The Kier molecular flexibility index (Phi) is 10.4. The van der Waals surface area contributed by atoms with Crippen molar-refractivity contribution in [2.24, 2.45) is 17.3 Å². The van der Waals surface area contributed by atoms with Crippen LogP contribution in [0.1, 0.15) is 43.0 Å². The number of nitrogens with zero attached hydrogens (tertiary/aromatic N) is 6. The van der Waals surface area contributed by atoms with Gasteiger partial charge < -0.3 is 19.1 Å². The molecule has 2 fully saturated rings. The molecule has 3 aliphatic rings. The van der Waals surface area contributed by atoms with E-state index in [4.69, 9.17) is 24.3 Å². The van der Waals surface area contributed by atoms with Crippen LogP contribution in [0.4, 0.5) is 5.69 Å². The molecule has 1 saturated carbocycles. The number of aromatic nitrogens is 4. The molecular weight excluding hydrogens is 661 g/mol. The van der Waals surface area contributed by atoms with Gasteiger partial charge >= 0.3 is 0 Å². The summed E-state index contributed by atoms with van der Waals surface area (Å²) >= 11 is 0. The first-order valence-electron chi connectivity index (χ1n) is 18.3. The molecule has 0 unspecified atom stereocenters. The molecule has 10 nitrogen and oxygen atoms in total. The van der Waals surface area contributed by atoms with E-state index in [0.29, 0.717) is 66.0 Å². The second-order valence-corrected chi connectivity index (χ2v) is 28.8. The molecule has 1 amide bonds. The van der Waals surface area contributed by atoms with Crippen molar-refractivity contribution in [1.82, 2.24) is 19.3 Å². The van der Waals surface area contributed by atoms with Crippen LogP contribution in [-0.4, -0.2) is 74.9 Å². The van der Waals surface area contributed by atoms with Crippen LogP contribution >= 0.6 is 0 Å². The van der Waals surface area contributed by atoms with E-state index < -0.39 is 16.1 Å². The summed E-state index contributed by atoms with van der Waals surface area (Å²) < 4.78 is 22.3. The molecule has 1 saturated heterocycles. The molecule has 270 valence electrons. The first-order chi connectivity index (χ1) is 23.6. The third kappa shape index (κ3) is 7.87. The van der Waals surface area contributed by atoms with E-state index in [1.165, 1.54) is 17.7 Å². The highest BCUT2D eigenvalue weighted by atomic mass is 28.3. The fourth-order valence-corrected chi connectivity index (χ4v) is 8.83. The van der Waals surface area contributed by atoms with E-state index in [0.717, 1.165) is 55.6 Å². The Hall–Kier alpha value is -3.09. The SMILES string of the molecule is C=C(C(=O)N(C)c1cc(C#N)c2nc(-c3nn(COCC[Si](C)(C)C)c4c3C[C@@H]3C[C@]3(C)C4)n(COCC[Si](C)(C)C)c2c1)C1CCOCC1. The topological polar surface area (TPSA) is 107 Å². The lowest BCUT2D eigenvalue weighted by Gasteiger charge is -2.26. The summed E-state index contributed by atoms with van der Waals surface area (Å²) in [5.74, 6) is 1.27. The van der Waals surface area contributed by atoms with Crippen molar-refractivity contribution < 1.29 is 19.0 Å². The second-order valence-electron chi connectivity index (χ2n) is 17.5. The molecule has 3 aromatic rings. The van der Waals surface area contributed by atoms with E-state index in [-0.39, 0.29) is 18.6 Å². The lowest BCUT2D eigenvalue weighted by Crippen LogP contribution is -2.32. The number of hydrogen-bond donors (Lipinski definition) is 0. The minimum absolute atomic E-state index is 0.0869. The predicted molar refractivity (Wildman–Crippen MR) is 204 cm³/mol. The molecule has 2 atom stereocenters. The van der Waals surface area contributed by atoms with Crippen molar-refractivity contribution in [3.05, 3.63) is 41.1 Å². The van der Waals surface area contributed by atoms with E-state index in [1.54, 1.807) is 18.0 Å². The van der Waals surface area contributed by atoms with E-state index in [9.17, 15) is 10.1 Å². The van der Waals surface area contributed by atoms with Gasteiger partial charge in [-0.2, -0.15) is 10.4 Å². The molecule has 0 radical (unpaired) electrons. The molecule has 0 N–H and O–H groups in total. The molecule has 2 aromatic heterocycles. The van der Waals surface area contributed by atoms with Gasteiger partial charge in [0, 0.05) is 72.1 Å². The number of carbonyl (C=O) groups is 1. The lowest BCUT2D eigenvalue weighted by atomic mass is 9.87. The highest BCUT2D eigenvalue weighted by molar-refractivity contribution is 6.76. The number of anilines is 1. The monoisotopic (exact) mass is 716 g/mol. The van der Waals surface area contributed by atoms with Crippen LogP contribution in [0.3, 0.4) is 0 Å². The number of ether oxygens (including phenoxy) is 3. The first-order valence-corrected chi connectivity index (χ1v) is 25.7. The zero-order valence-electron chi connectivity index (χ0n) is 31.5. The standard InChI is InChI=1S/C38H56N6O4Si2/c1-26(27-10-12-46-13-11-27)37(45)42(3)30-18-28(23-39)34-32(20-30)43(24-47-14-16-49(4,5)6)36(40-34)35-31-19-29-21-38(29,2)22-33(31)44(41-35)25-48-15-17-50(7,8)9/h18,20,27,29H,1,10-17,19,21-22,24-25H2,2-9H3/t29-,38-/m1/s1. The Balaban J connectivity index is 1.40. The minimum Gasteiger partial charge on any atom is -0.381 e. The molecule has 0 bridgehead atoms. The number of fused-ring (bicyclic) bond motifs is 3. The summed E-state index contributed by atoms with van der Waals surface area (Å²) in [5.41, 5.74) is 6.58. The van der Waals surface area contributed by atoms with Crippen molar-refractivity contribution in [2.75, 3.05) is 38.4 Å². The molecule has 1 aliphatic heterocycles. The van der Waals surface area contributed by atoms with Crippen molar-refractivity contribution >= 4 is 38.8 Å². The van der Waals surface area contributed by atoms with Gasteiger partial charge in [-0.05, 0) is 73.6 Å². The summed E-state index contributed by atoms with van der Waals surface area (Å²) in [4.78, 5) is 20.5. The zero-order valence-corrected chi connectivity index (χ0v) is 33.5. The Morgan fingerprint density at radius 1 is 1.10 bits per heavy atom. The Labute approximate surface area is 299 Å². The number of carbonyl (C=O) groups excluding carboxylic acids is 1. The normalized spacial score (nSPS) is 20.7. The number of amides is 1. The van der Waals surface area contributed by atoms with Crippen molar-refractivity contribution in [2.45, 2.75) is 104 Å². The molecule has 50 heavy (non-hydrogen) atoms. The van der Waals surface area contributed by atoms with Crippen LogP contribution in [0.5, 0.6) is 0 Å². The van der Waals surface area contributed by atoms with Crippen molar-refractivity contribution in [3.8, 4) is 17.6 Å². The minimum atomic E-state index is -1.32. The van der Waals surface area contributed by atoms with Gasteiger partial charge in [0.05, 0.1) is 11.1 Å². The number of hydrogen-bond acceptors (Lipinski definition) is 7. The summed E-state index contributed by atoms with van der Waals surface area (Å²) in [6, 6.07) is 8.25. The maximum atomic E-state index is 13.7. The number of nitriles is 1. The molecule has 12 heteroatoms. The second kappa shape index (κ2) is 14.1. The largest absolute Gasteiger partial charge is 0.381 e. The zero-order chi connectivity index (χ0) is 36.0. The first kappa shape index (κ1) is 36.7. The smallest absolute Gasteiger partial charge is 0.253 e. The summed E-state index contributed by atoms with van der Waals surface area (Å²) in [6.07, 6.45) is 4.72. The van der Waals surface area contributed by atoms with E-state index in [2.05, 4.69) is 68.1 Å². The van der Waals surface area contributed by atoms with Gasteiger partial charge in [0.25, 0.3) is 5.91 Å². The Morgan fingerprint density at radius 2 is 1.76 bits per heavy atom.